The van der Waals surface area contributed by atoms with Crippen molar-refractivity contribution in [1.29, 1.82) is 0 Å². The second-order valence-electron chi connectivity index (χ2n) is 2.92. The van der Waals surface area contributed by atoms with Crippen molar-refractivity contribution < 1.29 is 8.42 Å². The lowest BCUT2D eigenvalue weighted by molar-refractivity contribution is 0.601. The number of hydrogen-bond donors (Lipinski definition) is 0. The third-order valence-corrected chi connectivity index (χ3v) is 3.22. The van der Waals surface area contributed by atoms with Gasteiger partial charge in [0.25, 0.3) is 0 Å². The molecule has 0 aromatic heterocycles. The molecule has 0 saturated heterocycles. The minimum absolute atomic E-state index is 0.179. The summed E-state index contributed by atoms with van der Waals surface area (Å²) in [6.45, 7) is 0. The number of rotatable bonds is 2. The summed E-state index contributed by atoms with van der Waals surface area (Å²) < 4.78 is 22.1. The fourth-order valence-corrected chi connectivity index (χ4v) is 2.92. The van der Waals surface area contributed by atoms with Crippen LogP contribution in [0.15, 0.2) is 12.1 Å². The van der Waals surface area contributed by atoms with Gasteiger partial charge in [0, 0.05) is 26.9 Å². The second-order valence-corrected chi connectivity index (χ2v) is 6.31. The Morgan fingerprint density at radius 1 is 1.14 bits per heavy atom. The van der Waals surface area contributed by atoms with Crippen LogP contribution in [0.2, 0.25) is 15.1 Å². The molecule has 0 aliphatic heterocycles. The van der Waals surface area contributed by atoms with E-state index in [4.69, 9.17) is 34.8 Å². The van der Waals surface area contributed by atoms with Gasteiger partial charge >= 0.3 is 0 Å². The second kappa shape index (κ2) is 4.27. The van der Waals surface area contributed by atoms with Gasteiger partial charge in [-0.1, -0.05) is 34.8 Å². The molecule has 0 N–H and O–H groups in total. The van der Waals surface area contributed by atoms with Crippen molar-refractivity contribution in [3.05, 3.63) is 32.8 Å². The summed E-state index contributed by atoms with van der Waals surface area (Å²) in [6, 6.07) is 2.94. The maximum Gasteiger partial charge on any atom is 0.151 e. The third-order valence-electron chi connectivity index (χ3n) is 1.51. The summed E-state index contributed by atoms with van der Waals surface area (Å²) in [4.78, 5) is 0. The van der Waals surface area contributed by atoms with Gasteiger partial charge in [-0.25, -0.2) is 8.42 Å². The van der Waals surface area contributed by atoms with Gasteiger partial charge in [0.1, 0.15) is 0 Å². The molecule has 0 heterocycles. The number of hydrogen-bond acceptors (Lipinski definition) is 2. The van der Waals surface area contributed by atoms with Crippen molar-refractivity contribution in [2.24, 2.45) is 0 Å². The van der Waals surface area contributed by atoms with E-state index in [0.717, 1.165) is 6.26 Å². The van der Waals surface area contributed by atoms with Crippen molar-refractivity contribution in [2.75, 3.05) is 6.26 Å². The van der Waals surface area contributed by atoms with Gasteiger partial charge in [0.05, 0.1) is 5.75 Å². The summed E-state index contributed by atoms with van der Waals surface area (Å²) >= 11 is 17.3. The summed E-state index contributed by atoms with van der Waals surface area (Å²) in [5.74, 6) is -0.179. The Labute approximate surface area is 97.7 Å². The van der Waals surface area contributed by atoms with Gasteiger partial charge in [-0.2, -0.15) is 0 Å². The molecule has 0 fully saturated rings. The molecule has 14 heavy (non-hydrogen) atoms. The number of sulfone groups is 1. The standard InChI is InChI=1S/C8H7Cl3O2S/c1-14(12,13)4-6-7(10)2-5(9)3-8(6)11/h2-3H,4H2,1H3. The molecule has 0 saturated carbocycles. The molecule has 6 heteroatoms. The van der Waals surface area contributed by atoms with E-state index < -0.39 is 9.84 Å². The predicted molar refractivity (Wildman–Crippen MR) is 60.0 cm³/mol. The van der Waals surface area contributed by atoms with Crippen molar-refractivity contribution in [2.45, 2.75) is 5.75 Å². The van der Waals surface area contributed by atoms with Crippen molar-refractivity contribution >= 4 is 44.6 Å². The highest BCUT2D eigenvalue weighted by molar-refractivity contribution is 7.89. The van der Waals surface area contributed by atoms with Crippen LogP contribution in [0.1, 0.15) is 5.56 Å². The van der Waals surface area contributed by atoms with E-state index in [-0.39, 0.29) is 15.8 Å². The van der Waals surface area contributed by atoms with Crippen LogP contribution in [0.5, 0.6) is 0 Å². The third kappa shape index (κ3) is 3.31. The maximum atomic E-state index is 11.0. The average molecular weight is 274 g/mol. The van der Waals surface area contributed by atoms with Gasteiger partial charge < -0.3 is 0 Å². The Kier molecular flexibility index (Phi) is 3.69. The molecule has 0 aliphatic rings. The van der Waals surface area contributed by atoms with Gasteiger partial charge in [-0.3, -0.25) is 0 Å². The minimum Gasteiger partial charge on any atom is -0.229 e. The first-order chi connectivity index (χ1) is 6.29. The largest absolute Gasteiger partial charge is 0.229 e. The summed E-state index contributed by atoms with van der Waals surface area (Å²) in [5, 5.41) is 0.929. The summed E-state index contributed by atoms with van der Waals surface area (Å²) in [6.07, 6.45) is 1.12. The molecule has 0 unspecified atom stereocenters. The molecule has 1 aromatic carbocycles. The molecule has 1 rings (SSSR count). The molecule has 0 bridgehead atoms. The van der Waals surface area contributed by atoms with Crippen LogP contribution in [0, 0.1) is 0 Å². The van der Waals surface area contributed by atoms with Crippen LogP contribution in [-0.2, 0) is 15.6 Å². The van der Waals surface area contributed by atoms with Crippen LogP contribution in [0.25, 0.3) is 0 Å². The molecule has 78 valence electrons. The highest BCUT2D eigenvalue weighted by Crippen LogP contribution is 2.30. The van der Waals surface area contributed by atoms with E-state index in [1.54, 1.807) is 0 Å². The Bertz CT molecular complexity index is 431. The van der Waals surface area contributed by atoms with Crippen molar-refractivity contribution in [1.82, 2.24) is 0 Å². The van der Waals surface area contributed by atoms with Crippen molar-refractivity contribution in [3.63, 3.8) is 0 Å². The molecule has 1 aromatic rings. The Hall–Kier alpha value is 0.0400. The molecular weight excluding hydrogens is 267 g/mol. The predicted octanol–water partition coefficient (Wildman–Crippen LogP) is 3.19. The Balaban J connectivity index is 3.22. The first-order valence-corrected chi connectivity index (χ1v) is 6.80. The SMILES string of the molecule is CS(=O)(=O)Cc1c(Cl)cc(Cl)cc1Cl. The van der Waals surface area contributed by atoms with Crippen LogP contribution in [0.3, 0.4) is 0 Å². The van der Waals surface area contributed by atoms with E-state index in [1.165, 1.54) is 12.1 Å². The molecule has 0 radical (unpaired) electrons. The molecule has 0 aliphatic carbocycles. The monoisotopic (exact) mass is 272 g/mol. The zero-order valence-electron chi connectivity index (χ0n) is 7.22. The average Bonchev–Trinajstić information content (AvgIpc) is 1.95. The minimum atomic E-state index is -3.15. The summed E-state index contributed by atoms with van der Waals surface area (Å²) in [7, 11) is -3.15. The van der Waals surface area contributed by atoms with E-state index in [1.807, 2.05) is 0 Å². The quantitative estimate of drug-likeness (QED) is 0.829. The summed E-state index contributed by atoms with van der Waals surface area (Å²) in [5.41, 5.74) is 0.389. The molecule has 0 spiro atoms. The molecule has 2 nitrogen and oxygen atoms in total. The molecule has 0 atom stereocenters. The van der Waals surface area contributed by atoms with Gasteiger partial charge in [-0.05, 0) is 12.1 Å². The highest BCUT2D eigenvalue weighted by Gasteiger charge is 2.13. The van der Waals surface area contributed by atoms with E-state index in [9.17, 15) is 8.42 Å². The fraction of sp³-hybridized carbons (Fsp3) is 0.250. The Morgan fingerprint density at radius 3 is 1.93 bits per heavy atom. The molecular formula is C8H7Cl3O2S. The topological polar surface area (TPSA) is 34.1 Å². The van der Waals surface area contributed by atoms with Gasteiger partial charge in [0.15, 0.2) is 9.84 Å². The highest BCUT2D eigenvalue weighted by atomic mass is 35.5. The van der Waals surface area contributed by atoms with Crippen LogP contribution in [-0.4, -0.2) is 14.7 Å². The van der Waals surface area contributed by atoms with E-state index >= 15 is 0 Å². The fourth-order valence-electron chi connectivity index (χ4n) is 0.972. The van der Waals surface area contributed by atoms with Crippen molar-refractivity contribution in [3.8, 4) is 0 Å². The lowest BCUT2D eigenvalue weighted by Crippen LogP contribution is -2.02. The maximum absolute atomic E-state index is 11.0. The van der Waals surface area contributed by atoms with E-state index in [2.05, 4.69) is 0 Å². The van der Waals surface area contributed by atoms with Crippen LogP contribution < -0.4 is 0 Å². The zero-order valence-corrected chi connectivity index (χ0v) is 10.3. The number of halogens is 3. The van der Waals surface area contributed by atoms with E-state index in [0.29, 0.717) is 10.6 Å². The smallest absolute Gasteiger partial charge is 0.151 e. The van der Waals surface area contributed by atoms with Gasteiger partial charge in [0.2, 0.25) is 0 Å². The Morgan fingerprint density at radius 2 is 1.57 bits per heavy atom. The normalized spacial score (nSPS) is 11.7. The zero-order chi connectivity index (χ0) is 10.9. The van der Waals surface area contributed by atoms with Crippen LogP contribution >= 0.6 is 34.8 Å². The lowest BCUT2D eigenvalue weighted by atomic mass is 10.2. The number of benzene rings is 1. The lowest BCUT2D eigenvalue weighted by Gasteiger charge is -2.05. The molecule has 0 amide bonds. The van der Waals surface area contributed by atoms with Gasteiger partial charge in [-0.15, -0.1) is 0 Å². The first-order valence-electron chi connectivity index (χ1n) is 3.61. The first kappa shape index (κ1) is 12.1. The van der Waals surface area contributed by atoms with Crippen LogP contribution in [0.4, 0.5) is 0 Å².